The molecule has 5 nitrogen and oxygen atoms in total. The lowest BCUT2D eigenvalue weighted by molar-refractivity contribution is -0.432. The summed E-state index contributed by atoms with van der Waals surface area (Å²) in [5.41, 5.74) is 8.77. The molecule has 7 heteroatoms. The molecule has 0 aromatic heterocycles. The molecule has 2 aromatic rings. The summed E-state index contributed by atoms with van der Waals surface area (Å²) in [5.74, 6) is -0.339. The third kappa shape index (κ3) is 5.50. The lowest BCUT2D eigenvalue weighted by Crippen LogP contribution is -2.29. The molecule has 0 atom stereocenters. The van der Waals surface area contributed by atoms with E-state index in [1.807, 2.05) is 22.8 Å². The van der Waals surface area contributed by atoms with Gasteiger partial charge >= 0.3 is 0 Å². The molecule has 0 fully saturated rings. The second kappa shape index (κ2) is 11.0. The molecular formula is C34H40ClN2O3S+. The maximum atomic E-state index is 11.6. The third-order valence-electron chi connectivity index (χ3n) is 8.83. The molecule has 0 saturated carbocycles. The molecule has 0 spiro atoms. The van der Waals surface area contributed by atoms with Crippen LogP contribution in [0.3, 0.4) is 0 Å². The highest BCUT2D eigenvalue weighted by molar-refractivity contribution is 7.85. The van der Waals surface area contributed by atoms with Crippen molar-refractivity contribution in [2.24, 2.45) is 0 Å². The van der Waals surface area contributed by atoms with Gasteiger partial charge in [0.25, 0.3) is 10.1 Å². The average Bonchev–Trinajstić information content (AvgIpc) is 3.28. The molecule has 0 amide bonds. The Balaban J connectivity index is 1.50. The molecule has 1 aliphatic carbocycles. The van der Waals surface area contributed by atoms with Gasteiger partial charge in [-0.1, -0.05) is 74.0 Å². The normalized spacial score (nSPS) is 21.9. The van der Waals surface area contributed by atoms with Crippen LogP contribution < -0.4 is 4.90 Å². The van der Waals surface area contributed by atoms with E-state index < -0.39 is 10.1 Å². The number of hydrogen-bond acceptors (Lipinski definition) is 3. The van der Waals surface area contributed by atoms with Crippen molar-refractivity contribution in [2.75, 3.05) is 23.7 Å². The number of anilines is 1. The van der Waals surface area contributed by atoms with Crippen LogP contribution in [0.5, 0.6) is 0 Å². The van der Waals surface area contributed by atoms with Crippen LogP contribution in [-0.4, -0.2) is 42.1 Å². The zero-order chi connectivity index (χ0) is 29.6. The monoisotopic (exact) mass is 591 g/mol. The van der Waals surface area contributed by atoms with E-state index in [1.54, 1.807) is 0 Å². The van der Waals surface area contributed by atoms with Crippen LogP contribution in [0.2, 0.25) is 0 Å². The number of fused-ring (bicyclic) bond motifs is 2. The molecule has 5 rings (SSSR count). The Hall–Kier alpha value is -2.93. The van der Waals surface area contributed by atoms with Gasteiger partial charge in [0.15, 0.2) is 12.3 Å². The predicted octanol–water partition coefficient (Wildman–Crippen LogP) is 7.81. The van der Waals surface area contributed by atoms with Crippen molar-refractivity contribution in [3.05, 3.63) is 106 Å². The second-order valence-corrected chi connectivity index (χ2v) is 14.1. The minimum atomic E-state index is -4.10. The fourth-order valence-corrected chi connectivity index (χ4v) is 7.37. The fourth-order valence-electron chi connectivity index (χ4n) is 6.64. The smallest absolute Gasteiger partial charge is 0.271 e. The minimum absolute atomic E-state index is 0.0948. The van der Waals surface area contributed by atoms with Crippen LogP contribution in [0.1, 0.15) is 65.0 Å². The van der Waals surface area contributed by atoms with E-state index in [0.29, 0.717) is 0 Å². The number of hydrogen-bond donors (Lipinski definition) is 1. The Morgan fingerprint density at radius 3 is 2.34 bits per heavy atom. The Kier molecular flexibility index (Phi) is 7.97. The molecular weight excluding hydrogens is 552 g/mol. The summed E-state index contributed by atoms with van der Waals surface area (Å²) in [7, 11) is -4.10. The second-order valence-electron chi connectivity index (χ2n) is 12.1. The number of benzene rings is 2. The first-order valence-corrected chi connectivity index (χ1v) is 16.4. The summed E-state index contributed by atoms with van der Waals surface area (Å²) in [5, 5.41) is 0.791. The van der Waals surface area contributed by atoms with Gasteiger partial charge < -0.3 is 4.90 Å². The van der Waals surface area contributed by atoms with Crippen LogP contribution in [0, 0.1) is 0 Å². The van der Waals surface area contributed by atoms with Gasteiger partial charge in [-0.25, -0.2) is 0 Å². The molecule has 0 unspecified atom stereocenters. The van der Waals surface area contributed by atoms with Gasteiger partial charge in [0.2, 0.25) is 5.69 Å². The number of nitrogens with zero attached hydrogens (tertiary/aromatic N) is 2. The Bertz CT molecular complexity index is 1640. The summed E-state index contributed by atoms with van der Waals surface area (Å²) in [4.78, 5) is 2.39. The van der Waals surface area contributed by atoms with Crippen molar-refractivity contribution >= 4 is 38.8 Å². The van der Waals surface area contributed by atoms with Crippen molar-refractivity contribution in [1.29, 1.82) is 0 Å². The molecule has 2 aromatic carbocycles. The van der Waals surface area contributed by atoms with E-state index in [9.17, 15) is 13.0 Å². The van der Waals surface area contributed by atoms with Crippen LogP contribution in [0.25, 0.3) is 0 Å². The number of para-hydroxylation sites is 2. The first-order valence-electron chi connectivity index (χ1n) is 14.4. The molecule has 0 radical (unpaired) electrons. The van der Waals surface area contributed by atoms with Gasteiger partial charge in [0.1, 0.15) is 5.75 Å². The maximum absolute atomic E-state index is 11.6. The van der Waals surface area contributed by atoms with E-state index in [4.69, 9.17) is 11.6 Å². The molecule has 41 heavy (non-hydrogen) atoms. The minimum Gasteiger partial charge on any atom is -0.344 e. The van der Waals surface area contributed by atoms with Crippen LogP contribution >= 0.6 is 11.6 Å². The molecule has 0 bridgehead atoms. The summed E-state index contributed by atoms with van der Waals surface area (Å²) in [6, 6.07) is 16.7. The van der Waals surface area contributed by atoms with Gasteiger partial charge in [-0.3, -0.25) is 4.55 Å². The fraction of sp³-hybridized carbons (Fsp3) is 0.382. The van der Waals surface area contributed by atoms with Crippen molar-refractivity contribution < 1.29 is 17.5 Å². The number of likely N-dealkylation sites (N-methyl/N-ethyl adjacent to an activating group) is 1. The molecule has 3 aliphatic rings. The summed E-state index contributed by atoms with van der Waals surface area (Å²) < 4.78 is 34.7. The lowest BCUT2D eigenvalue weighted by atomic mass is 9.81. The Labute approximate surface area is 250 Å². The van der Waals surface area contributed by atoms with Crippen LogP contribution in [0.4, 0.5) is 11.4 Å². The lowest BCUT2D eigenvalue weighted by Gasteiger charge is -2.26. The predicted molar refractivity (Wildman–Crippen MR) is 170 cm³/mol. The quantitative estimate of drug-likeness (QED) is 0.263. The molecule has 216 valence electrons. The number of allylic oxidation sites excluding steroid dienone is 8. The molecule has 1 N–H and O–H groups in total. The van der Waals surface area contributed by atoms with E-state index in [0.717, 1.165) is 58.9 Å². The standard InChI is InChI=1S/C34H39ClN2O3S/c1-6-36-28-16-9-7-14-26(28)33(2,3)30(36)20-18-24-12-11-13-25(32(24)35)19-21-31-34(4,5)27-15-8-10-17-29(27)37(31)22-23-41(38,39)40/h7-10,14-21H,6,11-13,22-23H2,1-5H3/p+1. The first kappa shape index (κ1) is 29.6. The molecule has 2 heterocycles. The number of rotatable bonds is 7. The highest BCUT2D eigenvalue weighted by Crippen LogP contribution is 2.47. The summed E-state index contributed by atoms with van der Waals surface area (Å²) in [6.07, 6.45) is 11.4. The van der Waals surface area contributed by atoms with E-state index in [1.165, 1.54) is 16.9 Å². The van der Waals surface area contributed by atoms with Crippen molar-refractivity contribution in [3.63, 3.8) is 0 Å². The highest BCUT2D eigenvalue weighted by atomic mass is 35.5. The van der Waals surface area contributed by atoms with Gasteiger partial charge in [-0.2, -0.15) is 13.0 Å². The van der Waals surface area contributed by atoms with Gasteiger partial charge in [0.05, 0.1) is 5.41 Å². The maximum Gasteiger partial charge on any atom is 0.271 e. The Morgan fingerprint density at radius 1 is 0.951 bits per heavy atom. The average molecular weight is 592 g/mol. The van der Waals surface area contributed by atoms with Gasteiger partial charge in [0, 0.05) is 46.1 Å². The van der Waals surface area contributed by atoms with Crippen molar-refractivity contribution in [1.82, 2.24) is 0 Å². The Morgan fingerprint density at radius 2 is 1.63 bits per heavy atom. The largest absolute Gasteiger partial charge is 0.344 e. The third-order valence-corrected chi connectivity index (χ3v) is 10.0. The zero-order valence-electron chi connectivity index (χ0n) is 24.6. The van der Waals surface area contributed by atoms with E-state index >= 15 is 0 Å². The zero-order valence-corrected chi connectivity index (χ0v) is 26.2. The SMILES string of the molecule is CCN1/C(=C/C=C2\CCCC(/C=C/C3=[N+](CCS(=O)(=O)O)c4ccccc4C3(C)C)=C2Cl)C(C)(C)c2ccccc21. The van der Waals surface area contributed by atoms with Crippen molar-refractivity contribution in [3.8, 4) is 0 Å². The first-order chi connectivity index (χ1) is 19.4. The van der Waals surface area contributed by atoms with Crippen molar-refractivity contribution in [2.45, 2.75) is 64.7 Å². The molecule has 2 aliphatic heterocycles. The highest BCUT2D eigenvalue weighted by Gasteiger charge is 2.44. The topological polar surface area (TPSA) is 60.6 Å². The van der Waals surface area contributed by atoms with Gasteiger partial charge in [-0.15, -0.1) is 0 Å². The van der Waals surface area contributed by atoms with E-state index in [2.05, 4.69) is 94.2 Å². The number of halogens is 1. The summed E-state index contributed by atoms with van der Waals surface area (Å²) in [6.45, 7) is 12.1. The molecule has 0 saturated heterocycles. The summed E-state index contributed by atoms with van der Waals surface area (Å²) >= 11 is 7.05. The van der Waals surface area contributed by atoms with Crippen LogP contribution in [0.15, 0.2) is 94.7 Å². The van der Waals surface area contributed by atoms with E-state index in [-0.39, 0.29) is 23.1 Å². The van der Waals surface area contributed by atoms with Gasteiger partial charge in [-0.05, 0) is 68.9 Å². The van der Waals surface area contributed by atoms with Crippen LogP contribution in [-0.2, 0) is 20.9 Å².